The number of aromatic nitrogens is 1. The fourth-order valence-corrected chi connectivity index (χ4v) is 5.16. The molecule has 0 aliphatic carbocycles. The van der Waals surface area contributed by atoms with Crippen molar-refractivity contribution in [2.75, 3.05) is 4.90 Å². The topological polar surface area (TPSA) is 15.9 Å². The van der Waals surface area contributed by atoms with E-state index in [2.05, 4.69) is 108 Å². The molecule has 3 aromatic carbocycles. The number of nitrogens with zero attached hydrogens (tertiary/aromatic N) is 2. The Balaban J connectivity index is 1.77. The van der Waals surface area contributed by atoms with Gasteiger partial charge in [0.15, 0.2) is 0 Å². The number of aryl methyl sites for hydroxylation is 1. The highest BCUT2D eigenvalue weighted by Gasteiger charge is 2.67. The zero-order chi connectivity index (χ0) is 18.3. The Hall–Kier alpha value is -2.91. The number of thiazole rings is 1. The molecule has 2 atom stereocenters. The normalized spacial score (nSPS) is 21.2. The highest BCUT2D eigenvalue weighted by atomic mass is 32.1. The lowest BCUT2D eigenvalue weighted by molar-refractivity contribution is 0.787. The minimum Gasteiger partial charge on any atom is -0.343 e. The number of para-hydroxylation sites is 1. The van der Waals surface area contributed by atoms with E-state index >= 15 is 0 Å². The minimum atomic E-state index is -0.261. The van der Waals surface area contributed by atoms with Gasteiger partial charge in [0.1, 0.15) is 10.5 Å². The van der Waals surface area contributed by atoms with Gasteiger partial charge in [0.05, 0.1) is 6.04 Å². The van der Waals surface area contributed by atoms with E-state index in [-0.39, 0.29) is 11.6 Å². The number of benzene rings is 3. The molecule has 0 saturated carbocycles. The summed E-state index contributed by atoms with van der Waals surface area (Å²) in [5.41, 5.74) is 4.65. The van der Waals surface area contributed by atoms with Gasteiger partial charge in [0.25, 0.3) is 0 Å². The standard InChI is InChI=1S/C24H20N2S/c1-18-17-27-23(25-18)24(20-13-7-3-8-14-20)22(19-11-5-2-6-12-19)26(24)21-15-9-4-10-16-21/h2-17,22H,1H3/t22-,24+,26?/m1/s1. The van der Waals surface area contributed by atoms with Crippen LogP contribution in [0, 0.1) is 6.92 Å². The molecular formula is C24H20N2S. The molecule has 0 radical (unpaired) electrons. The first-order valence-corrected chi connectivity index (χ1v) is 10.1. The molecule has 1 saturated heterocycles. The molecule has 0 bridgehead atoms. The summed E-state index contributed by atoms with van der Waals surface area (Å²) in [6.45, 7) is 2.07. The molecule has 1 aromatic heterocycles. The molecule has 0 N–H and O–H groups in total. The zero-order valence-electron chi connectivity index (χ0n) is 15.1. The van der Waals surface area contributed by atoms with E-state index in [1.54, 1.807) is 11.3 Å². The quantitative estimate of drug-likeness (QED) is 0.413. The van der Waals surface area contributed by atoms with E-state index < -0.39 is 0 Å². The van der Waals surface area contributed by atoms with Crippen molar-refractivity contribution >= 4 is 17.0 Å². The monoisotopic (exact) mass is 368 g/mol. The summed E-state index contributed by atoms with van der Waals surface area (Å²) in [7, 11) is 0. The average molecular weight is 369 g/mol. The Labute approximate surface area is 163 Å². The molecule has 0 amide bonds. The Morgan fingerprint density at radius 1 is 0.815 bits per heavy atom. The molecule has 4 aromatic rings. The van der Waals surface area contributed by atoms with Gasteiger partial charge in [0, 0.05) is 16.8 Å². The molecule has 132 valence electrons. The van der Waals surface area contributed by atoms with Crippen LogP contribution in [0.15, 0.2) is 96.4 Å². The van der Waals surface area contributed by atoms with Crippen molar-refractivity contribution in [1.82, 2.24) is 4.98 Å². The third-order valence-electron chi connectivity index (χ3n) is 5.27. The van der Waals surface area contributed by atoms with Gasteiger partial charge >= 0.3 is 0 Å². The van der Waals surface area contributed by atoms with Crippen LogP contribution < -0.4 is 4.90 Å². The van der Waals surface area contributed by atoms with Gasteiger partial charge in [-0.25, -0.2) is 4.98 Å². The average Bonchev–Trinajstić information content (AvgIpc) is 3.26. The Morgan fingerprint density at radius 2 is 1.41 bits per heavy atom. The van der Waals surface area contributed by atoms with E-state index in [0.717, 1.165) is 10.7 Å². The SMILES string of the molecule is Cc1csc([C@]2(c3ccccc3)[C@@H](c3ccccc3)N2c2ccccc2)n1. The van der Waals surface area contributed by atoms with Crippen LogP contribution in [0.25, 0.3) is 0 Å². The molecule has 0 unspecified atom stereocenters. The van der Waals surface area contributed by atoms with Crippen molar-refractivity contribution in [1.29, 1.82) is 0 Å². The van der Waals surface area contributed by atoms with E-state index in [0.29, 0.717) is 0 Å². The van der Waals surface area contributed by atoms with Crippen LogP contribution in [0.3, 0.4) is 0 Å². The number of anilines is 1. The van der Waals surface area contributed by atoms with E-state index in [1.807, 2.05) is 0 Å². The minimum absolute atomic E-state index is 0.231. The second-order valence-electron chi connectivity index (χ2n) is 6.95. The largest absolute Gasteiger partial charge is 0.343 e. The summed E-state index contributed by atoms with van der Waals surface area (Å²) < 4.78 is 0. The lowest BCUT2D eigenvalue weighted by atomic mass is 9.92. The van der Waals surface area contributed by atoms with Crippen LogP contribution >= 0.6 is 11.3 Å². The number of hydrogen-bond acceptors (Lipinski definition) is 3. The maximum atomic E-state index is 4.95. The lowest BCUT2D eigenvalue weighted by Crippen LogP contribution is -2.18. The van der Waals surface area contributed by atoms with Crippen LogP contribution in [0.2, 0.25) is 0 Å². The maximum absolute atomic E-state index is 4.95. The van der Waals surface area contributed by atoms with Gasteiger partial charge in [-0.2, -0.15) is 0 Å². The first kappa shape index (κ1) is 16.3. The summed E-state index contributed by atoms with van der Waals surface area (Å²) in [6, 6.07) is 32.5. The van der Waals surface area contributed by atoms with Gasteiger partial charge in [-0.15, -0.1) is 11.3 Å². The van der Waals surface area contributed by atoms with Crippen LogP contribution in [-0.4, -0.2) is 4.98 Å². The van der Waals surface area contributed by atoms with Crippen LogP contribution in [0.5, 0.6) is 0 Å². The summed E-state index contributed by atoms with van der Waals surface area (Å²) in [4.78, 5) is 7.46. The smallest absolute Gasteiger partial charge is 0.143 e. The highest BCUT2D eigenvalue weighted by molar-refractivity contribution is 7.10. The highest BCUT2D eigenvalue weighted by Crippen LogP contribution is 2.65. The van der Waals surface area contributed by atoms with Gasteiger partial charge in [-0.3, -0.25) is 0 Å². The Kier molecular flexibility index (Phi) is 3.83. The van der Waals surface area contributed by atoms with Gasteiger partial charge in [-0.1, -0.05) is 78.9 Å². The lowest BCUT2D eigenvalue weighted by Gasteiger charge is -2.17. The van der Waals surface area contributed by atoms with Crippen LogP contribution in [0.1, 0.15) is 27.9 Å². The zero-order valence-corrected chi connectivity index (χ0v) is 15.9. The van der Waals surface area contributed by atoms with Crippen molar-refractivity contribution in [2.24, 2.45) is 0 Å². The summed E-state index contributed by atoms with van der Waals surface area (Å²) >= 11 is 1.76. The van der Waals surface area contributed by atoms with E-state index in [9.17, 15) is 0 Å². The third-order valence-corrected chi connectivity index (χ3v) is 6.36. The first-order chi connectivity index (χ1) is 13.3. The molecule has 2 nitrogen and oxygen atoms in total. The first-order valence-electron chi connectivity index (χ1n) is 9.19. The molecule has 1 aliphatic rings. The fourth-order valence-electron chi connectivity index (χ4n) is 4.12. The van der Waals surface area contributed by atoms with Crippen molar-refractivity contribution < 1.29 is 0 Å². The fraction of sp³-hybridized carbons (Fsp3) is 0.125. The van der Waals surface area contributed by atoms with Crippen LogP contribution in [0.4, 0.5) is 5.69 Å². The third kappa shape index (κ3) is 2.50. The van der Waals surface area contributed by atoms with Crippen molar-refractivity contribution in [2.45, 2.75) is 18.5 Å². The van der Waals surface area contributed by atoms with Gasteiger partial charge < -0.3 is 4.90 Å². The second-order valence-corrected chi connectivity index (χ2v) is 7.80. The predicted molar refractivity (Wildman–Crippen MR) is 112 cm³/mol. The van der Waals surface area contributed by atoms with Crippen molar-refractivity contribution in [3.05, 3.63) is 118 Å². The van der Waals surface area contributed by atoms with E-state index in [1.165, 1.54) is 16.8 Å². The van der Waals surface area contributed by atoms with Gasteiger partial charge in [0.2, 0.25) is 0 Å². The number of hydrogen-bond donors (Lipinski definition) is 0. The number of rotatable bonds is 4. The Bertz CT molecular complexity index is 996. The second kappa shape index (κ2) is 6.36. The molecule has 0 spiro atoms. The Morgan fingerprint density at radius 3 is 2.00 bits per heavy atom. The van der Waals surface area contributed by atoms with Crippen molar-refractivity contribution in [3.8, 4) is 0 Å². The van der Waals surface area contributed by atoms with Gasteiger partial charge in [-0.05, 0) is 30.2 Å². The summed E-state index contributed by atoms with van der Waals surface area (Å²) in [5.74, 6) is 0. The molecule has 2 heterocycles. The molecule has 5 rings (SSSR count). The summed E-state index contributed by atoms with van der Waals surface area (Å²) in [6.07, 6.45) is 0. The van der Waals surface area contributed by atoms with Crippen molar-refractivity contribution in [3.63, 3.8) is 0 Å². The predicted octanol–water partition coefficient (Wildman–Crippen LogP) is 5.96. The molecule has 27 heavy (non-hydrogen) atoms. The molecular weight excluding hydrogens is 348 g/mol. The molecule has 1 fully saturated rings. The summed E-state index contributed by atoms with van der Waals surface area (Å²) in [5, 5.41) is 3.31. The van der Waals surface area contributed by atoms with Crippen LogP contribution in [-0.2, 0) is 5.54 Å². The molecule has 1 aliphatic heterocycles. The van der Waals surface area contributed by atoms with E-state index in [4.69, 9.17) is 4.98 Å². The molecule has 3 heteroatoms. The maximum Gasteiger partial charge on any atom is 0.143 e.